The molecule has 1 aliphatic heterocycles. The average molecular weight is 177 g/mol. The summed E-state index contributed by atoms with van der Waals surface area (Å²) >= 11 is 0. The van der Waals surface area contributed by atoms with Gasteiger partial charge in [0.1, 0.15) is 5.75 Å². The van der Waals surface area contributed by atoms with Crippen LogP contribution < -0.4 is 5.32 Å². The van der Waals surface area contributed by atoms with Gasteiger partial charge in [0.15, 0.2) is 0 Å². The Bertz CT molecular complexity index is 309. The van der Waals surface area contributed by atoms with Gasteiger partial charge in [0.2, 0.25) is 0 Å². The van der Waals surface area contributed by atoms with E-state index in [1.807, 2.05) is 12.1 Å². The number of fused-ring (bicyclic) bond motifs is 1. The number of aromatic hydroxyl groups is 1. The van der Waals surface area contributed by atoms with E-state index in [1.54, 1.807) is 6.07 Å². The molecular weight excluding hydrogens is 162 g/mol. The van der Waals surface area contributed by atoms with Crippen LogP contribution in [-0.4, -0.2) is 11.7 Å². The molecule has 1 aromatic rings. The highest BCUT2D eigenvalue weighted by atomic mass is 16.3. The number of nitrogens with one attached hydrogen (secondary N) is 1. The Balaban J connectivity index is 2.43. The fraction of sp³-hybridized carbons (Fsp3) is 0.455. The van der Waals surface area contributed by atoms with Crippen LogP contribution in [0.4, 0.5) is 0 Å². The predicted molar refractivity (Wildman–Crippen MR) is 52.8 cm³/mol. The van der Waals surface area contributed by atoms with Gasteiger partial charge in [-0.05, 0) is 49.6 Å². The van der Waals surface area contributed by atoms with E-state index in [9.17, 15) is 5.11 Å². The molecule has 0 radical (unpaired) electrons. The van der Waals surface area contributed by atoms with Crippen molar-refractivity contribution in [2.45, 2.75) is 25.8 Å². The number of phenolic OH excluding ortho intramolecular Hbond substituents is 1. The summed E-state index contributed by atoms with van der Waals surface area (Å²) in [5.41, 5.74) is 2.62. The van der Waals surface area contributed by atoms with Crippen LogP contribution in [0.15, 0.2) is 18.2 Å². The van der Waals surface area contributed by atoms with Crippen molar-refractivity contribution in [1.82, 2.24) is 5.32 Å². The van der Waals surface area contributed by atoms with Crippen molar-refractivity contribution in [1.29, 1.82) is 0 Å². The number of rotatable bonds is 0. The molecule has 0 aromatic heterocycles. The van der Waals surface area contributed by atoms with Crippen molar-refractivity contribution in [3.63, 3.8) is 0 Å². The quantitative estimate of drug-likeness (QED) is 0.635. The first-order chi connectivity index (χ1) is 6.27. The molecule has 0 fully saturated rings. The van der Waals surface area contributed by atoms with Gasteiger partial charge in [-0.25, -0.2) is 0 Å². The van der Waals surface area contributed by atoms with E-state index < -0.39 is 0 Å². The van der Waals surface area contributed by atoms with E-state index in [1.165, 1.54) is 17.5 Å². The van der Waals surface area contributed by atoms with Gasteiger partial charge in [0, 0.05) is 6.04 Å². The third kappa shape index (κ3) is 1.68. The summed E-state index contributed by atoms with van der Waals surface area (Å²) in [5.74, 6) is 0.370. The normalized spacial score (nSPS) is 22.1. The maximum Gasteiger partial charge on any atom is 0.115 e. The molecule has 0 spiro atoms. The molecule has 1 aromatic carbocycles. The zero-order valence-corrected chi connectivity index (χ0v) is 7.88. The second kappa shape index (κ2) is 3.38. The van der Waals surface area contributed by atoms with E-state index in [0.717, 1.165) is 13.0 Å². The van der Waals surface area contributed by atoms with Crippen molar-refractivity contribution in [3.8, 4) is 5.75 Å². The summed E-state index contributed by atoms with van der Waals surface area (Å²) in [6, 6.07) is 6.05. The summed E-state index contributed by atoms with van der Waals surface area (Å²) < 4.78 is 0. The molecule has 1 unspecified atom stereocenters. The minimum atomic E-state index is 0.365. The lowest BCUT2D eigenvalue weighted by Gasteiger charge is -2.13. The smallest absolute Gasteiger partial charge is 0.115 e. The van der Waals surface area contributed by atoms with Crippen molar-refractivity contribution in [2.75, 3.05) is 6.54 Å². The first kappa shape index (κ1) is 8.57. The summed E-state index contributed by atoms with van der Waals surface area (Å²) in [7, 11) is 0. The largest absolute Gasteiger partial charge is 0.508 e. The van der Waals surface area contributed by atoms with Gasteiger partial charge in [-0.3, -0.25) is 0 Å². The Morgan fingerprint density at radius 1 is 1.46 bits per heavy atom. The van der Waals surface area contributed by atoms with Crippen LogP contribution >= 0.6 is 0 Å². The first-order valence-corrected chi connectivity index (χ1v) is 4.82. The third-order valence-corrected chi connectivity index (χ3v) is 2.67. The van der Waals surface area contributed by atoms with Crippen molar-refractivity contribution >= 4 is 0 Å². The summed E-state index contributed by atoms with van der Waals surface area (Å²) in [6.07, 6.45) is 2.30. The molecule has 70 valence electrons. The van der Waals surface area contributed by atoms with Gasteiger partial charge in [-0.15, -0.1) is 0 Å². The zero-order chi connectivity index (χ0) is 9.26. The molecule has 0 saturated heterocycles. The SMILES string of the molecule is CC1NCCCc2ccc(O)cc21. The highest BCUT2D eigenvalue weighted by Gasteiger charge is 2.13. The second-order valence-corrected chi connectivity index (χ2v) is 3.66. The van der Waals surface area contributed by atoms with Crippen LogP contribution in [0.1, 0.15) is 30.5 Å². The lowest BCUT2D eigenvalue weighted by atomic mass is 10.00. The van der Waals surface area contributed by atoms with E-state index in [-0.39, 0.29) is 0 Å². The first-order valence-electron chi connectivity index (χ1n) is 4.82. The number of phenols is 1. The summed E-state index contributed by atoms with van der Waals surface area (Å²) in [4.78, 5) is 0. The van der Waals surface area contributed by atoms with E-state index in [4.69, 9.17) is 0 Å². The zero-order valence-electron chi connectivity index (χ0n) is 7.88. The molecule has 0 bridgehead atoms. The van der Waals surface area contributed by atoms with Crippen molar-refractivity contribution in [2.24, 2.45) is 0 Å². The Kier molecular flexibility index (Phi) is 2.23. The van der Waals surface area contributed by atoms with Gasteiger partial charge < -0.3 is 10.4 Å². The van der Waals surface area contributed by atoms with E-state index >= 15 is 0 Å². The fourth-order valence-electron chi connectivity index (χ4n) is 1.92. The fourth-order valence-corrected chi connectivity index (χ4v) is 1.92. The summed E-state index contributed by atoms with van der Waals surface area (Å²) in [5, 5.41) is 12.8. The Morgan fingerprint density at radius 3 is 3.15 bits per heavy atom. The summed E-state index contributed by atoms with van der Waals surface area (Å²) in [6.45, 7) is 3.21. The van der Waals surface area contributed by atoms with Gasteiger partial charge in [-0.1, -0.05) is 6.07 Å². The lowest BCUT2D eigenvalue weighted by molar-refractivity contribution is 0.472. The molecule has 1 aliphatic rings. The molecule has 13 heavy (non-hydrogen) atoms. The highest BCUT2D eigenvalue weighted by molar-refractivity contribution is 5.37. The number of hydrogen-bond acceptors (Lipinski definition) is 2. The molecular formula is C11H15NO. The predicted octanol–water partition coefficient (Wildman–Crippen LogP) is 1.99. The number of hydrogen-bond donors (Lipinski definition) is 2. The maximum absolute atomic E-state index is 9.37. The van der Waals surface area contributed by atoms with E-state index in [2.05, 4.69) is 12.2 Å². The molecule has 2 heteroatoms. The lowest BCUT2D eigenvalue weighted by Crippen LogP contribution is -2.17. The van der Waals surface area contributed by atoms with Crippen LogP contribution in [-0.2, 0) is 6.42 Å². The Labute approximate surface area is 78.6 Å². The molecule has 0 aliphatic carbocycles. The van der Waals surface area contributed by atoms with E-state index in [0.29, 0.717) is 11.8 Å². The third-order valence-electron chi connectivity index (χ3n) is 2.67. The molecule has 0 amide bonds. The standard InChI is InChI=1S/C11H15NO/c1-8-11-7-10(13)5-4-9(11)3-2-6-12-8/h4-5,7-8,12-13H,2-3,6H2,1H3. The van der Waals surface area contributed by atoms with Crippen LogP contribution in [0.5, 0.6) is 5.75 Å². The van der Waals surface area contributed by atoms with Gasteiger partial charge in [0.25, 0.3) is 0 Å². The molecule has 2 N–H and O–H groups in total. The van der Waals surface area contributed by atoms with Crippen LogP contribution in [0.25, 0.3) is 0 Å². The highest BCUT2D eigenvalue weighted by Crippen LogP contribution is 2.25. The molecule has 1 atom stereocenters. The minimum absolute atomic E-state index is 0.365. The Hall–Kier alpha value is -1.02. The average Bonchev–Trinajstić information content (AvgIpc) is 2.29. The molecule has 1 heterocycles. The Morgan fingerprint density at radius 2 is 2.31 bits per heavy atom. The van der Waals surface area contributed by atoms with Crippen molar-refractivity contribution < 1.29 is 5.11 Å². The number of benzene rings is 1. The minimum Gasteiger partial charge on any atom is -0.508 e. The van der Waals surface area contributed by atoms with Gasteiger partial charge >= 0.3 is 0 Å². The monoisotopic (exact) mass is 177 g/mol. The van der Waals surface area contributed by atoms with Crippen LogP contribution in [0, 0.1) is 0 Å². The van der Waals surface area contributed by atoms with Gasteiger partial charge in [0.05, 0.1) is 0 Å². The van der Waals surface area contributed by atoms with Crippen molar-refractivity contribution in [3.05, 3.63) is 29.3 Å². The van der Waals surface area contributed by atoms with Crippen LogP contribution in [0.2, 0.25) is 0 Å². The molecule has 2 nitrogen and oxygen atoms in total. The molecule has 0 saturated carbocycles. The maximum atomic E-state index is 9.37. The molecule has 2 rings (SSSR count). The number of aryl methyl sites for hydroxylation is 1. The van der Waals surface area contributed by atoms with Gasteiger partial charge in [-0.2, -0.15) is 0 Å². The second-order valence-electron chi connectivity index (χ2n) is 3.66. The van der Waals surface area contributed by atoms with Crippen LogP contribution in [0.3, 0.4) is 0 Å². The topological polar surface area (TPSA) is 32.3 Å².